The number of fused-ring (bicyclic) bond motifs is 2. The highest BCUT2D eigenvalue weighted by atomic mass is 19.1. The second-order valence-electron chi connectivity index (χ2n) is 4.85. The van der Waals surface area contributed by atoms with E-state index in [2.05, 4.69) is 9.98 Å². The van der Waals surface area contributed by atoms with Crippen molar-refractivity contribution >= 4 is 28.1 Å². The third-order valence-electron chi connectivity index (χ3n) is 3.57. The Morgan fingerprint density at radius 3 is 2.76 bits per heavy atom. The average Bonchev–Trinajstić information content (AvgIpc) is 2.97. The monoisotopic (exact) mass is 280 g/mol. The molecule has 0 unspecified atom stereocenters. The minimum atomic E-state index is -0.451. The molecule has 0 fully saturated rings. The summed E-state index contributed by atoms with van der Waals surface area (Å²) in [6, 6.07) is 11.0. The van der Waals surface area contributed by atoms with E-state index in [-0.39, 0.29) is 28.6 Å². The van der Waals surface area contributed by atoms with Crippen LogP contribution in [-0.4, -0.2) is 21.6 Å². The van der Waals surface area contributed by atoms with E-state index < -0.39 is 5.82 Å². The van der Waals surface area contributed by atoms with E-state index in [1.807, 2.05) is 6.07 Å². The highest BCUT2D eigenvalue weighted by Gasteiger charge is 2.29. The van der Waals surface area contributed by atoms with Crippen LogP contribution in [0.3, 0.4) is 0 Å². The number of aromatic hydroxyl groups is 1. The third kappa shape index (κ3) is 1.61. The van der Waals surface area contributed by atoms with Gasteiger partial charge in [0, 0.05) is 17.0 Å². The minimum Gasteiger partial charge on any atom is -0.505 e. The van der Waals surface area contributed by atoms with E-state index in [9.17, 15) is 14.3 Å². The van der Waals surface area contributed by atoms with Crippen LogP contribution < -0.4 is 0 Å². The Bertz CT molecular complexity index is 941. The van der Waals surface area contributed by atoms with Gasteiger partial charge in [-0.3, -0.25) is 4.79 Å². The van der Waals surface area contributed by atoms with Gasteiger partial charge < -0.3 is 10.1 Å². The Labute approximate surface area is 118 Å². The van der Waals surface area contributed by atoms with Gasteiger partial charge in [0.2, 0.25) is 5.78 Å². The zero-order valence-corrected chi connectivity index (χ0v) is 10.7. The van der Waals surface area contributed by atoms with Crippen molar-refractivity contribution in [2.75, 3.05) is 0 Å². The SMILES string of the molecule is O=C1C(c2[nH]c3ccccc3c2O)=Nc2cc(F)ccc21. The highest BCUT2D eigenvalue weighted by Crippen LogP contribution is 2.35. The molecule has 2 aromatic carbocycles. The highest BCUT2D eigenvalue weighted by molar-refractivity contribution is 6.55. The zero-order chi connectivity index (χ0) is 14.6. The molecule has 1 aliphatic heterocycles. The molecule has 21 heavy (non-hydrogen) atoms. The van der Waals surface area contributed by atoms with Crippen LogP contribution in [0.4, 0.5) is 10.1 Å². The minimum absolute atomic E-state index is 0.0222. The summed E-state index contributed by atoms with van der Waals surface area (Å²) in [5, 5.41) is 10.9. The fourth-order valence-corrected chi connectivity index (χ4v) is 2.56. The number of nitrogens with zero attached hydrogens (tertiary/aromatic N) is 1. The molecular weight excluding hydrogens is 271 g/mol. The molecule has 2 N–H and O–H groups in total. The number of nitrogens with one attached hydrogen (secondary N) is 1. The average molecular weight is 280 g/mol. The Morgan fingerprint density at radius 2 is 1.95 bits per heavy atom. The van der Waals surface area contributed by atoms with Crippen molar-refractivity contribution in [3.63, 3.8) is 0 Å². The van der Waals surface area contributed by atoms with Gasteiger partial charge in [0.1, 0.15) is 17.2 Å². The summed E-state index contributed by atoms with van der Waals surface area (Å²) in [4.78, 5) is 19.5. The molecule has 0 spiro atoms. The number of benzene rings is 2. The normalized spacial score (nSPS) is 13.6. The predicted octanol–water partition coefficient (Wildman–Crippen LogP) is 3.33. The lowest BCUT2D eigenvalue weighted by atomic mass is 10.1. The Balaban J connectivity index is 1.93. The number of aliphatic imine (C=N–C) groups is 1. The number of H-pyrrole nitrogens is 1. The van der Waals surface area contributed by atoms with E-state index in [1.54, 1.807) is 18.2 Å². The fraction of sp³-hybridized carbons (Fsp3) is 0. The summed E-state index contributed by atoms with van der Waals surface area (Å²) in [7, 11) is 0. The van der Waals surface area contributed by atoms with Gasteiger partial charge in [-0.1, -0.05) is 12.1 Å². The van der Waals surface area contributed by atoms with E-state index in [0.29, 0.717) is 16.5 Å². The number of rotatable bonds is 1. The van der Waals surface area contributed by atoms with Crippen LogP contribution in [-0.2, 0) is 0 Å². The van der Waals surface area contributed by atoms with Gasteiger partial charge in [0.15, 0.2) is 5.75 Å². The smallest absolute Gasteiger partial charge is 0.215 e. The van der Waals surface area contributed by atoms with Crippen molar-refractivity contribution in [2.45, 2.75) is 0 Å². The van der Waals surface area contributed by atoms with Crippen molar-refractivity contribution in [3.8, 4) is 5.75 Å². The number of para-hydroxylation sites is 1. The number of carbonyl (C=O) groups is 1. The van der Waals surface area contributed by atoms with E-state index in [0.717, 1.165) is 0 Å². The number of aromatic nitrogens is 1. The van der Waals surface area contributed by atoms with E-state index in [1.165, 1.54) is 18.2 Å². The number of aromatic amines is 1. The lowest BCUT2D eigenvalue weighted by molar-refractivity contribution is 0.107. The number of carbonyl (C=O) groups excluding carboxylic acids is 1. The number of hydrogen-bond acceptors (Lipinski definition) is 3. The van der Waals surface area contributed by atoms with Crippen LogP contribution in [0.25, 0.3) is 10.9 Å². The molecule has 102 valence electrons. The predicted molar refractivity (Wildman–Crippen MR) is 76.9 cm³/mol. The Kier molecular flexibility index (Phi) is 2.27. The number of halogens is 1. The summed E-state index contributed by atoms with van der Waals surface area (Å²) in [5.41, 5.74) is 1.70. The maximum absolute atomic E-state index is 13.2. The second kappa shape index (κ2) is 4.02. The van der Waals surface area contributed by atoms with Gasteiger partial charge in [-0.2, -0.15) is 0 Å². The first-order valence-corrected chi connectivity index (χ1v) is 6.38. The number of Topliss-reactive ketones (excluding diaryl/α,β-unsaturated/α-hetero) is 1. The fourth-order valence-electron chi connectivity index (χ4n) is 2.56. The largest absolute Gasteiger partial charge is 0.505 e. The maximum Gasteiger partial charge on any atom is 0.215 e. The molecule has 0 saturated carbocycles. The van der Waals surface area contributed by atoms with Crippen molar-refractivity contribution in [3.05, 3.63) is 59.5 Å². The second-order valence-corrected chi connectivity index (χ2v) is 4.85. The van der Waals surface area contributed by atoms with Gasteiger partial charge in [-0.05, 0) is 24.3 Å². The molecular formula is C16H9FN2O2. The van der Waals surface area contributed by atoms with Gasteiger partial charge in [-0.25, -0.2) is 9.38 Å². The molecule has 0 bridgehead atoms. The van der Waals surface area contributed by atoms with E-state index >= 15 is 0 Å². The number of hydrogen-bond donors (Lipinski definition) is 2. The maximum atomic E-state index is 13.2. The molecule has 1 aromatic heterocycles. The molecule has 2 heterocycles. The topological polar surface area (TPSA) is 65.5 Å². The van der Waals surface area contributed by atoms with Gasteiger partial charge >= 0.3 is 0 Å². The summed E-state index contributed by atoms with van der Waals surface area (Å²) in [6.45, 7) is 0. The summed E-state index contributed by atoms with van der Waals surface area (Å²) in [6.07, 6.45) is 0. The Hall–Kier alpha value is -2.95. The lowest BCUT2D eigenvalue weighted by Crippen LogP contribution is -2.11. The molecule has 1 aliphatic rings. The number of ketones is 1. The van der Waals surface area contributed by atoms with Crippen molar-refractivity contribution < 1.29 is 14.3 Å². The first kappa shape index (κ1) is 11.8. The molecule has 0 amide bonds. The molecule has 0 atom stereocenters. The lowest BCUT2D eigenvalue weighted by Gasteiger charge is -1.97. The molecule has 4 rings (SSSR count). The van der Waals surface area contributed by atoms with Crippen molar-refractivity contribution in [1.82, 2.24) is 4.98 Å². The van der Waals surface area contributed by atoms with Crippen LogP contribution in [0.2, 0.25) is 0 Å². The Morgan fingerprint density at radius 1 is 1.14 bits per heavy atom. The van der Waals surface area contributed by atoms with Crippen LogP contribution in [0.1, 0.15) is 16.1 Å². The van der Waals surface area contributed by atoms with Crippen LogP contribution in [0.5, 0.6) is 5.75 Å². The first-order chi connectivity index (χ1) is 10.1. The molecule has 5 heteroatoms. The standard InChI is InChI=1S/C16H9FN2O2/c17-8-5-6-10-12(7-8)19-14(16(10)21)13-15(20)9-3-1-2-4-11(9)18-13/h1-7,18,20H. The quantitative estimate of drug-likeness (QED) is 0.718. The van der Waals surface area contributed by atoms with Crippen LogP contribution in [0.15, 0.2) is 47.5 Å². The van der Waals surface area contributed by atoms with Gasteiger partial charge in [0.05, 0.1) is 11.3 Å². The van der Waals surface area contributed by atoms with Gasteiger partial charge in [0.25, 0.3) is 0 Å². The molecule has 4 nitrogen and oxygen atoms in total. The molecule has 0 radical (unpaired) electrons. The molecule has 3 aromatic rings. The van der Waals surface area contributed by atoms with Crippen LogP contribution in [0, 0.1) is 5.82 Å². The summed E-state index contributed by atoms with van der Waals surface area (Å²) in [5.74, 6) is -0.801. The van der Waals surface area contributed by atoms with Crippen LogP contribution >= 0.6 is 0 Å². The summed E-state index contributed by atoms with van der Waals surface area (Å²) < 4.78 is 13.2. The first-order valence-electron chi connectivity index (χ1n) is 6.38. The molecule has 0 aliphatic carbocycles. The van der Waals surface area contributed by atoms with Gasteiger partial charge in [-0.15, -0.1) is 0 Å². The summed E-state index contributed by atoms with van der Waals surface area (Å²) >= 11 is 0. The van der Waals surface area contributed by atoms with E-state index in [4.69, 9.17) is 0 Å². The third-order valence-corrected chi connectivity index (χ3v) is 3.57. The molecule has 0 saturated heterocycles. The van der Waals surface area contributed by atoms with Crippen molar-refractivity contribution in [1.29, 1.82) is 0 Å². The van der Waals surface area contributed by atoms with Crippen molar-refractivity contribution in [2.24, 2.45) is 4.99 Å². The zero-order valence-electron chi connectivity index (χ0n) is 10.7.